The zero-order valence-electron chi connectivity index (χ0n) is 9.91. The first-order chi connectivity index (χ1) is 9.08. The van der Waals surface area contributed by atoms with E-state index in [1.165, 1.54) is 12.1 Å². The number of halogens is 1. The molecular formula is C12H12ClN3O3. The van der Waals surface area contributed by atoms with Crippen molar-refractivity contribution >= 4 is 29.3 Å². The van der Waals surface area contributed by atoms with E-state index < -0.39 is 17.8 Å². The quantitative estimate of drug-likeness (QED) is 0.823. The minimum absolute atomic E-state index is 0.224. The molecule has 0 aliphatic heterocycles. The van der Waals surface area contributed by atoms with Crippen molar-refractivity contribution in [1.29, 1.82) is 0 Å². The predicted molar refractivity (Wildman–Crippen MR) is 68.7 cm³/mol. The van der Waals surface area contributed by atoms with Crippen LogP contribution in [-0.4, -0.2) is 27.2 Å². The summed E-state index contributed by atoms with van der Waals surface area (Å²) in [5.41, 5.74) is 0. The molecule has 0 spiro atoms. The number of nitrogens with one attached hydrogen (secondary N) is 1. The normalized spacial score (nSPS) is 21.9. The molecule has 2 atom stereocenters. The molecule has 0 bridgehead atoms. The van der Waals surface area contributed by atoms with Crippen LogP contribution in [0.1, 0.15) is 12.8 Å². The first-order valence-corrected chi connectivity index (χ1v) is 6.13. The van der Waals surface area contributed by atoms with E-state index in [0.717, 1.165) is 0 Å². The van der Waals surface area contributed by atoms with E-state index in [1.807, 2.05) is 6.08 Å². The molecule has 0 saturated heterocycles. The van der Waals surface area contributed by atoms with Crippen molar-refractivity contribution in [2.75, 3.05) is 5.32 Å². The number of hydrogen-bond acceptors (Lipinski definition) is 4. The van der Waals surface area contributed by atoms with E-state index >= 15 is 0 Å². The molecule has 7 heteroatoms. The van der Waals surface area contributed by atoms with E-state index in [1.54, 1.807) is 6.08 Å². The number of allylic oxidation sites excluding steroid dienone is 2. The number of amides is 1. The highest BCUT2D eigenvalue weighted by Crippen LogP contribution is 2.27. The third-order valence-corrected chi connectivity index (χ3v) is 3.17. The molecule has 100 valence electrons. The second-order valence-corrected chi connectivity index (χ2v) is 4.61. The van der Waals surface area contributed by atoms with Crippen LogP contribution in [0.25, 0.3) is 0 Å². The molecule has 0 fully saturated rings. The van der Waals surface area contributed by atoms with Gasteiger partial charge in [0.1, 0.15) is 0 Å². The van der Waals surface area contributed by atoms with Crippen LogP contribution in [0.4, 0.5) is 5.82 Å². The summed E-state index contributed by atoms with van der Waals surface area (Å²) >= 11 is 5.59. The van der Waals surface area contributed by atoms with Gasteiger partial charge in [-0.15, -0.1) is 10.2 Å². The number of carboxylic acids is 1. The highest BCUT2D eigenvalue weighted by molar-refractivity contribution is 6.29. The Bertz CT molecular complexity index is 515. The molecule has 1 aromatic heterocycles. The molecule has 2 N–H and O–H groups in total. The van der Waals surface area contributed by atoms with Crippen molar-refractivity contribution in [2.45, 2.75) is 12.8 Å². The van der Waals surface area contributed by atoms with Gasteiger partial charge in [0.05, 0.1) is 11.8 Å². The highest BCUT2D eigenvalue weighted by atomic mass is 35.5. The number of rotatable bonds is 3. The molecule has 1 amide bonds. The smallest absolute Gasteiger partial charge is 0.307 e. The summed E-state index contributed by atoms with van der Waals surface area (Å²) in [5, 5.41) is 19.2. The number of carboxylic acid groups (broad SMARTS) is 1. The maximum absolute atomic E-state index is 12.1. The molecule has 2 rings (SSSR count). The largest absolute Gasteiger partial charge is 0.481 e. The van der Waals surface area contributed by atoms with E-state index in [4.69, 9.17) is 16.7 Å². The van der Waals surface area contributed by atoms with Gasteiger partial charge in [-0.2, -0.15) is 0 Å². The van der Waals surface area contributed by atoms with Gasteiger partial charge in [-0.05, 0) is 25.0 Å². The fourth-order valence-corrected chi connectivity index (χ4v) is 2.08. The van der Waals surface area contributed by atoms with Crippen LogP contribution in [-0.2, 0) is 9.59 Å². The number of aromatic nitrogens is 2. The highest BCUT2D eigenvalue weighted by Gasteiger charge is 2.34. The van der Waals surface area contributed by atoms with Gasteiger partial charge in [-0.3, -0.25) is 9.59 Å². The molecule has 0 aromatic carbocycles. The van der Waals surface area contributed by atoms with Gasteiger partial charge in [0, 0.05) is 0 Å². The Morgan fingerprint density at radius 2 is 1.89 bits per heavy atom. The second-order valence-electron chi connectivity index (χ2n) is 4.22. The van der Waals surface area contributed by atoms with Gasteiger partial charge in [0.2, 0.25) is 5.91 Å². The van der Waals surface area contributed by atoms with Crippen molar-refractivity contribution in [3.05, 3.63) is 29.4 Å². The Labute approximate surface area is 114 Å². The van der Waals surface area contributed by atoms with Crippen LogP contribution >= 0.6 is 11.6 Å². The summed E-state index contributed by atoms with van der Waals surface area (Å²) < 4.78 is 0. The number of hydrogen-bond donors (Lipinski definition) is 2. The lowest BCUT2D eigenvalue weighted by Gasteiger charge is -2.23. The average molecular weight is 282 g/mol. The zero-order valence-corrected chi connectivity index (χ0v) is 10.7. The number of anilines is 1. The molecule has 1 aromatic rings. The van der Waals surface area contributed by atoms with E-state index in [9.17, 15) is 9.59 Å². The first kappa shape index (κ1) is 13.5. The van der Waals surface area contributed by atoms with Gasteiger partial charge in [-0.1, -0.05) is 23.8 Å². The first-order valence-electron chi connectivity index (χ1n) is 5.76. The van der Waals surface area contributed by atoms with Crippen LogP contribution in [0.15, 0.2) is 24.3 Å². The van der Waals surface area contributed by atoms with Crippen molar-refractivity contribution in [3.63, 3.8) is 0 Å². The minimum atomic E-state index is -0.966. The number of nitrogens with zero attached hydrogens (tertiary/aromatic N) is 2. The van der Waals surface area contributed by atoms with E-state index in [2.05, 4.69) is 15.5 Å². The third kappa shape index (κ3) is 3.29. The predicted octanol–water partition coefficient (Wildman–Crippen LogP) is 1.74. The molecule has 2 unspecified atom stereocenters. The Hall–Kier alpha value is -1.95. The lowest BCUT2D eigenvalue weighted by molar-refractivity contribution is -0.146. The van der Waals surface area contributed by atoms with Crippen LogP contribution in [0, 0.1) is 11.8 Å². The van der Waals surface area contributed by atoms with Crippen molar-refractivity contribution in [2.24, 2.45) is 11.8 Å². The maximum atomic E-state index is 12.1. The molecule has 1 aliphatic rings. The van der Waals surface area contributed by atoms with Crippen LogP contribution in [0.5, 0.6) is 0 Å². The number of carbonyl (C=O) groups is 2. The third-order valence-electron chi connectivity index (χ3n) is 2.97. The fourth-order valence-electron chi connectivity index (χ4n) is 1.98. The lowest BCUT2D eigenvalue weighted by Crippen LogP contribution is -2.34. The Morgan fingerprint density at radius 3 is 2.47 bits per heavy atom. The van der Waals surface area contributed by atoms with Crippen molar-refractivity contribution in [3.8, 4) is 0 Å². The van der Waals surface area contributed by atoms with Crippen LogP contribution < -0.4 is 5.32 Å². The van der Waals surface area contributed by atoms with Gasteiger partial charge < -0.3 is 10.4 Å². The summed E-state index contributed by atoms with van der Waals surface area (Å²) in [4.78, 5) is 23.2. The maximum Gasteiger partial charge on any atom is 0.307 e. The standard InChI is InChI=1S/C12H12ClN3O3/c13-9-5-6-10(16-15-9)14-11(17)7-3-1-2-4-8(7)12(18)19/h1-2,5-8H,3-4H2,(H,18,19)(H,14,16,17). The van der Waals surface area contributed by atoms with Gasteiger partial charge in [-0.25, -0.2) is 0 Å². The molecule has 19 heavy (non-hydrogen) atoms. The van der Waals surface area contributed by atoms with Crippen molar-refractivity contribution < 1.29 is 14.7 Å². The van der Waals surface area contributed by atoms with Crippen LogP contribution in [0.2, 0.25) is 5.15 Å². The van der Waals surface area contributed by atoms with Gasteiger partial charge in [0.15, 0.2) is 11.0 Å². The summed E-state index contributed by atoms with van der Waals surface area (Å²) in [5.74, 6) is -2.38. The fraction of sp³-hybridized carbons (Fsp3) is 0.333. The van der Waals surface area contributed by atoms with Gasteiger partial charge in [0.25, 0.3) is 0 Å². The molecule has 0 saturated carbocycles. The summed E-state index contributed by atoms with van der Waals surface area (Å²) in [6, 6.07) is 3.02. The average Bonchev–Trinajstić information content (AvgIpc) is 2.41. The molecular weight excluding hydrogens is 270 g/mol. The SMILES string of the molecule is O=C(O)C1CC=CCC1C(=O)Nc1ccc(Cl)nn1. The van der Waals surface area contributed by atoms with E-state index in [0.29, 0.717) is 12.8 Å². The number of aliphatic carboxylic acids is 1. The molecule has 1 heterocycles. The second kappa shape index (κ2) is 5.79. The zero-order chi connectivity index (χ0) is 13.8. The molecule has 6 nitrogen and oxygen atoms in total. The Kier molecular flexibility index (Phi) is 4.11. The molecule has 0 radical (unpaired) electrons. The summed E-state index contributed by atoms with van der Waals surface area (Å²) in [6.07, 6.45) is 4.37. The summed E-state index contributed by atoms with van der Waals surface area (Å²) in [6.45, 7) is 0. The number of carbonyl (C=O) groups excluding carboxylic acids is 1. The summed E-state index contributed by atoms with van der Waals surface area (Å²) in [7, 11) is 0. The van der Waals surface area contributed by atoms with Crippen molar-refractivity contribution in [1.82, 2.24) is 10.2 Å². The molecule has 1 aliphatic carbocycles. The monoisotopic (exact) mass is 281 g/mol. The Morgan fingerprint density at radius 1 is 1.21 bits per heavy atom. The van der Waals surface area contributed by atoms with E-state index in [-0.39, 0.29) is 16.9 Å². The minimum Gasteiger partial charge on any atom is -0.481 e. The topological polar surface area (TPSA) is 92.2 Å². The van der Waals surface area contributed by atoms with Gasteiger partial charge >= 0.3 is 5.97 Å². The van der Waals surface area contributed by atoms with Crippen LogP contribution in [0.3, 0.4) is 0 Å². The Balaban J connectivity index is 2.08. The lowest BCUT2D eigenvalue weighted by atomic mass is 9.82.